The minimum atomic E-state index is -0.942. The number of β-amino-alcohol motifs (C(OH)–C–C–N with tert-alkyl or cyclic N) is 1. The number of aliphatic hydroxyl groups excluding tert-OH is 1. The lowest BCUT2D eigenvalue weighted by Crippen LogP contribution is -2.43. The largest absolute Gasteiger partial charge is 0.497 e. The van der Waals surface area contributed by atoms with E-state index in [0.29, 0.717) is 35.2 Å². The normalized spacial score (nSPS) is 17.7. The number of aromatic nitrogens is 2. The van der Waals surface area contributed by atoms with Gasteiger partial charge in [0, 0.05) is 30.1 Å². The lowest BCUT2D eigenvalue weighted by Gasteiger charge is -2.33. The van der Waals surface area contributed by atoms with Crippen LogP contribution in [0.2, 0.25) is 0 Å². The summed E-state index contributed by atoms with van der Waals surface area (Å²) >= 11 is 1.69. The van der Waals surface area contributed by atoms with E-state index in [9.17, 15) is 9.50 Å². The Labute approximate surface area is 196 Å². The van der Waals surface area contributed by atoms with Crippen LogP contribution in [-0.4, -0.2) is 58.7 Å². The van der Waals surface area contributed by atoms with Crippen molar-refractivity contribution in [2.75, 3.05) is 32.7 Å². The number of hydrogen-bond donors (Lipinski definition) is 2. The van der Waals surface area contributed by atoms with E-state index in [4.69, 9.17) is 9.47 Å². The van der Waals surface area contributed by atoms with Crippen LogP contribution in [-0.2, 0) is 6.54 Å². The topological polar surface area (TPSA) is 79.7 Å². The summed E-state index contributed by atoms with van der Waals surface area (Å²) in [5.41, 5.74) is 1.93. The molecule has 0 unspecified atom stereocenters. The van der Waals surface area contributed by atoms with Crippen LogP contribution in [0.25, 0.3) is 10.9 Å². The Morgan fingerprint density at radius 2 is 2.12 bits per heavy atom. The number of halogens is 1. The number of methoxy groups -OCH3 is 1. The molecule has 4 heterocycles. The molecule has 1 aromatic carbocycles. The highest BCUT2D eigenvalue weighted by atomic mass is 32.2. The smallest absolute Gasteiger partial charge is 0.152 e. The van der Waals surface area contributed by atoms with Crippen LogP contribution in [0.15, 0.2) is 41.6 Å². The van der Waals surface area contributed by atoms with Crippen LogP contribution in [0.3, 0.4) is 0 Å². The first kappa shape index (κ1) is 22.3. The SMILES string of the molecule is COc1ccc2ncc(F)c([C@@H](O)CN3CCC(NCc4cc5c(cn4)OCS5)CC3)c2c1. The van der Waals surface area contributed by atoms with E-state index in [-0.39, 0.29) is 5.56 Å². The van der Waals surface area contributed by atoms with Gasteiger partial charge in [0.2, 0.25) is 0 Å². The molecule has 9 heteroatoms. The lowest BCUT2D eigenvalue weighted by atomic mass is 10.0. The van der Waals surface area contributed by atoms with Crippen LogP contribution >= 0.6 is 11.8 Å². The minimum Gasteiger partial charge on any atom is -0.497 e. The molecule has 0 bridgehead atoms. The summed E-state index contributed by atoms with van der Waals surface area (Å²) in [6.45, 7) is 2.77. The molecule has 7 nitrogen and oxygen atoms in total. The number of benzene rings is 1. The van der Waals surface area contributed by atoms with Crippen LogP contribution in [0, 0.1) is 5.82 Å². The number of nitrogens with zero attached hydrogens (tertiary/aromatic N) is 3. The first-order valence-electron chi connectivity index (χ1n) is 11.1. The third-order valence-corrected chi connectivity index (χ3v) is 7.17. The number of thioether (sulfide) groups is 1. The summed E-state index contributed by atoms with van der Waals surface area (Å²) in [4.78, 5) is 12.0. The second-order valence-corrected chi connectivity index (χ2v) is 9.37. The van der Waals surface area contributed by atoms with Gasteiger partial charge in [0.05, 0.1) is 41.7 Å². The zero-order chi connectivity index (χ0) is 22.8. The molecule has 0 amide bonds. The number of likely N-dealkylation sites (tertiary alicyclic amines) is 1. The molecule has 0 aliphatic carbocycles. The summed E-state index contributed by atoms with van der Waals surface area (Å²) < 4.78 is 25.4. The lowest BCUT2D eigenvalue weighted by molar-refractivity contribution is 0.0925. The molecule has 0 radical (unpaired) electrons. The predicted octanol–water partition coefficient (Wildman–Crippen LogP) is 3.51. The van der Waals surface area contributed by atoms with Gasteiger partial charge in [0.1, 0.15) is 17.5 Å². The zero-order valence-electron chi connectivity index (χ0n) is 18.5. The van der Waals surface area contributed by atoms with E-state index in [1.54, 1.807) is 43.3 Å². The van der Waals surface area contributed by atoms with E-state index in [1.165, 1.54) is 6.20 Å². The van der Waals surface area contributed by atoms with Gasteiger partial charge in [-0.1, -0.05) is 11.8 Å². The fourth-order valence-electron chi connectivity index (χ4n) is 4.48. The number of hydrogen-bond acceptors (Lipinski definition) is 8. The van der Waals surface area contributed by atoms with Gasteiger partial charge in [-0.05, 0) is 50.2 Å². The molecule has 174 valence electrons. The van der Waals surface area contributed by atoms with Gasteiger partial charge in [-0.25, -0.2) is 4.39 Å². The van der Waals surface area contributed by atoms with E-state index in [1.807, 2.05) is 0 Å². The van der Waals surface area contributed by atoms with Gasteiger partial charge in [0.25, 0.3) is 0 Å². The van der Waals surface area contributed by atoms with Crippen molar-refractivity contribution in [3.8, 4) is 11.5 Å². The molecule has 0 spiro atoms. The summed E-state index contributed by atoms with van der Waals surface area (Å²) in [5, 5.41) is 15.1. The molecule has 2 N–H and O–H groups in total. The summed E-state index contributed by atoms with van der Waals surface area (Å²) in [6, 6.07) is 7.78. The first-order valence-corrected chi connectivity index (χ1v) is 12.1. The Balaban J connectivity index is 1.17. The summed E-state index contributed by atoms with van der Waals surface area (Å²) in [5.74, 6) is 1.64. The average Bonchev–Trinajstić information content (AvgIpc) is 3.31. The van der Waals surface area contributed by atoms with Crippen molar-refractivity contribution >= 4 is 22.7 Å². The highest BCUT2D eigenvalue weighted by molar-refractivity contribution is 7.99. The second kappa shape index (κ2) is 9.80. The molecule has 1 saturated heterocycles. The van der Waals surface area contributed by atoms with Crippen LogP contribution in [0.5, 0.6) is 11.5 Å². The molecular weight excluding hydrogens is 443 g/mol. The Morgan fingerprint density at radius 3 is 2.94 bits per heavy atom. The molecular formula is C24H27FN4O3S. The average molecular weight is 471 g/mol. The Morgan fingerprint density at radius 1 is 1.27 bits per heavy atom. The third-order valence-electron chi connectivity index (χ3n) is 6.31. The van der Waals surface area contributed by atoms with Gasteiger partial charge in [-0.3, -0.25) is 9.97 Å². The van der Waals surface area contributed by atoms with Crippen molar-refractivity contribution in [3.05, 3.63) is 53.7 Å². The molecule has 3 aromatic rings. The predicted molar refractivity (Wildman–Crippen MR) is 125 cm³/mol. The van der Waals surface area contributed by atoms with Crippen LogP contribution in [0.4, 0.5) is 4.39 Å². The number of rotatable bonds is 7. The van der Waals surface area contributed by atoms with E-state index >= 15 is 0 Å². The van der Waals surface area contributed by atoms with E-state index in [2.05, 4.69) is 26.3 Å². The standard InChI is InChI=1S/C24H27FN4O3S/c1-31-17-2-3-20-18(9-17)24(19(25)11-28-20)21(30)13-29-6-4-15(5-7-29)26-10-16-8-23-22(12-27-16)32-14-33-23/h2-3,8-9,11-12,15,21,26,30H,4-7,10,13-14H2,1H3/t21-/m0/s1. The van der Waals surface area contributed by atoms with Crippen molar-refractivity contribution < 1.29 is 19.0 Å². The second-order valence-electron chi connectivity index (χ2n) is 8.40. The fourth-order valence-corrected chi connectivity index (χ4v) is 5.26. The highest BCUT2D eigenvalue weighted by Crippen LogP contribution is 2.35. The number of nitrogens with one attached hydrogen (secondary N) is 1. The first-order chi connectivity index (χ1) is 16.1. The Kier molecular flexibility index (Phi) is 6.64. The number of piperidine rings is 1. The number of ether oxygens (including phenoxy) is 2. The number of fused-ring (bicyclic) bond motifs is 2. The molecule has 33 heavy (non-hydrogen) atoms. The maximum absolute atomic E-state index is 14.7. The van der Waals surface area contributed by atoms with E-state index in [0.717, 1.165) is 48.8 Å². The fraction of sp³-hybridized carbons (Fsp3) is 0.417. The maximum atomic E-state index is 14.7. The van der Waals surface area contributed by atoms with Crippen molar-refractivity contribution in [1.29, 1.82) is 0 Å². The van der Waals surface area contributed by atoms with Gasteiger partial charge in [-0.2, -0.15) is 0 Å². The highest BCUT2D eigenvalue weighted by Gasteiger charge is 2.24. The molecule has 1 atom stereocenters. The maximum Gasteiger partial charge on any atom is 0.152 e. The summed E-state index contributed by atoms with van der Waals surface area (Å²) in [6.07, 6.45) is 3.96. The van der Waals surface area contributed by atoms with Crippen molar-refractivity contribution in [2.45, 2.75) is 36.4 Å². The van der Waals surface area contributed by atoms with Crippen molar-refractivity contribution in [2.24, 2.45) is 0 Å². The van der Waals surface area contributed by atoms with Gasteiger partial charge in [-0.15, -0.1) is 0 Å². The monoisotopic (exact) mass is 470 g/mol. The van der Waals surface area contributed by atoms with E-state index < -0.39 is 11.9 Å². The number of pyridine rings is 2. The molecule has 2 aliphatic rings. The quantitative estimate of drug-likeness (QED) is 0.543. The van der Waals surface area contributed by atoms with Crippen LogP contribution < -0.4 is 14.8 Å². The minimum absolute atomic E-state index is 0.281. The number of aliphatic hydroxyl groups is 1. The van der Waals surface area contributed by atoms with Crippen molar-refractivity contribution in [1.82, 2.24) is 20.2 Å². The van der Waals surface area contributed by atoms with Gasteiger partial charge < -0.3 is 24.8 Å². The third kappa shape index (κ3) is 4.91. The van der Waals surface area contributed by atoms with Gasteiger partial charge in [0.15, 0.2) is 5.75 Å². The Hall–Kier alpha value is -2.46. The Bertz CT molecular complexity index is 1140. The molecule has 2 aliphatic heterocycles. The molecule has 5 rings (SSSR count). The summed E-state index contributed by atoms with van der Waals surface area (Å²) in [7, 11) is 1.57. The molecule has 2 aromatic heterocycles. The van der Waals surface area contributed by atoms with Crippen molar-refractivity contribution in [3.63, 3.8) is 0 Å². The molecule has 1 fully saturated rings. The molecule has 0 saturated carbocycles. The van der Waals surface area contributed by atoms with Crippen LogP contribution in [0.1, 0.15) is 30.2 Å². The zero-order valence-corrected chi connectivity index (χ0v) is 19.3. The van der Waals surface area contributed by atoms with Gasteiger partial charge >= 0.3 is 0 Å².